The maximum Gasteiger partial charge on any atom is 0.270 e. The van der Waals surface area contributed by atoms with Crippen LogP contribution in [-0.2, 0) is 4.74 Å². The van der Waals surface area contributed by atoms with Gasteiger partial charge in [0, 0.05) is 19.0 Å². The van der Waals surface area contributed by atoms with Gasteiger partial charge in [-0.25, -0.2) is 4.98 Å². The second-order valence-electron chi connectivity index (χ2n) is 3.11. The molecule has 0 spiro atoms. The molecule has 0 radical (unpaired) electrons. The summed E-state index contributed by atoms with van der Waals surface area (Å²) < 4.78 is 4.82. The molecule has 1 heterocycles. The Morgan fingerprint density at radius 1 is 1.80 bits per heavy atom. The van der Waals surface area contributed by atoms with Gasteiger partial charge in [-0.2, -0.15) is 0 Å². The van der Waals surface area contributed by atoms with E-state index in [1.54, 1.807) is 12.5 Å². The fraction of sp³-hybridized carbons (Fsp3) is 0.556. The lowest BCUT2D eigenvalue weighted by molar-refractivity contribution is 0.0932. The van der Waals surface area contributed by atoms with E-state index in [0.717, 1.165) is 5.01 Å². The van der Waals surface area contributed by atoms with Crippen LogP contribution in [0.5, 0.6) is 0 Å². The van der Waals surface area contributed by atoms with E-state index in [1.807, 2.05) is 6.92 Å². The second kappa shape index (κ2) is 5.79. The van der Waals surface area contributed by atoms with Gasteiger partial charge in [0.1, 0.15) is 10.7 Å². The second-order valence-corrected chi connectivity index (χ2v) is 4.00. The number of hydrogen-bond acceptors (Lipinski definition) is 5. The number of nitrogens with zero attached hydrogens (tertiary/aromatic N) is 1. The smallest absolute Gasteiger partial charge is 0.270 e. The van der Waals surface area contributed by atoms with Crippen LogP contribution in [0.3, 0.4) is 0 Å². The number of rotatable bonds is 5. The van der Waals surface area contributed by atoms with Gasteiger partial charge in [0.2, 0.25) is 0 Å². The molecular weight excluding hydrogens is 214 g/mol. The minimum Gasteiger partial charge on any atom is -0.383 e. The summed E-state index contributed by atoms with van der Waals surface area (Å²) in [7, 11) is 1.59. The van der Waals surface area contributed by atoms with Crippen molar-refractivity contribution in [3.05, 3.63) is 16.1 Å². The standard InChI is InChI=1S/C9H15N3O2S/c1-6(10)9-12-7(5-15-9)8(13)11-3-4-14-2/h5-6H,3-4,10H2,1-2H3,(H,11,13). The van der Waals surface area contributed by atoms with Gasteiger partial charge in [0.25, 0.3) is 5.91 Å². The lowest BCUT2D eigenvalue weighted by atomic mass is 10.4. The normalized spacial score (nSPS) is 12.5. The van der Waals surface area contributed by atoms with Gasteiger partial charge in [-0.05, 0) is 6.92 Å². The van der Waals surface area contributed by atoms with E-state index < -0.39 is 0 Å². The number of nitrogens with one attached hydrogen (secondary N) is 1. The van der Waals surface area contributed by atoms with E-state index in [-0.39, 0.29) is 11.9 Å². The lowest BCUT2D eigenvalue weighted by Crippen LogP contribution is -2.27. The topological polar surface area (TPSA) is 77.2 Å². The average molecular weight is 229 g/mol. The van der Waals surface area contributed by atoms with Crippen LogP contribution in [0.15, 0.2) is 5.38 Å². The molecule has 84 valence electrons. The van der Waals surface area contributed by atoms with Crippen molar-refractivity contribution in [2.24, 2.45) is 5.73 Å². The van der Waals surface area contributed by atoms with Gasteiger partial charge in [0.15, 0.2) is 0 Å². The minimum absolute atomic E-state index is 0.129. The molecule has 0 bridgehead atoms. The van der Waals surface area contributed by atoms with Crippen molar-refractivity contribution in [2.45, 2.75) is 13.0 Å². The van der Waals surface area contributed by atoms with Crippen LogP contribution < -0.4 is 11.1 Å². The Kier molecular flexibility index (Phi) is 4.67. The van der Waals surface area contributed by atoms with Crippen LogP contribution in [0, 0.1) is 0 Å². The maximum atomic E-state index is 11.5. The first kappa shape index (κ1) is 12.1. The van der Waals surface area contributed by atoms with Crippen LogP contribution >= 0.6 is 11.3 Å². The minimum atomic E-state index is -0.185. The third-order valence-electron chi connectivity index (χ3n) is 1.74. The zero-order valence-electron chi connectivity index (χ0n) is 8.82. The molecule has 0 aliphatic rings. The number of nitrogens with two attached hydrogens (primary N) is 1. The number of hydrogen-bond donors (Lipinski definition) is 2. The molecule has 0 aromatic carbocycles. The molecule has 15 heavy (non-hydrogen) atoms. The van der Waals surface area contributed by atoms with E-state index in [2.05, 4.69) is 10.3 Å². The van der Waals surface area contributed by atoms with Crippen molar-refractivity contribution in [1.29, 1.82) is 0 Å². The molecule has 0 fully saturated rings. The van der Waals surface area contributed by atoms with Gasteiger partial charge in [-0.1, -0.05) is 0 Å². The molecule has 0 aliphatic carbocycles. The first-order valence-electron chi connectivity index (χ1n) is 4.63. The molecule has 1 atom stereocenters. The Balaban J connectivity index is 2.51. The number of carbonyl (C=O) groups excluding carboxylic acids is 1. The molecule has 1 aromatic heterocycles. The third-order valence-corrected chi connectivity index (χ3v) is 2.78. The number of thiazole rings is 1. The number of methoxy groups -OCH3 is 1. The number of ether oxygens (including phenoxy) is 1. The Labute approximate surface area is 92.6 Å². The van der Waals surface area contributed by atoms with Crippen molar-refractivity contribution >= 4 is 17.2 Å². The van der Waals surface area contributed by atoms with Crippen LogP contribution in [0.25, 0.3) is 0 Å². The van der Waals surface area contributed by atoms with E-state index >= 15 is 0 Å². The van der Waals surface area contributed by atoms with Crippen molar-refractivity contribution < 1.29 is 9.53 Å². The molecule has 6 heteroatoms. The SMILES string of the molecule is COCCNC(=O)c1csc(C(C)N)n1. The monoisotopic (exact) mass is 229 g/mol. The van der Waals surface area contributed by atoms with Crippen LogP contribution in [0.4, 0.5) is 0 Å². The number of amides is 1. The molecule has 5 nitrogen and oxygen atoms in total. The summed E-state index contributed by atoms with van der Waals surface area (Å²) in [5.74, 6) is -0.185. The third kappa shape index (κ3) is 3.58. The van der Waals surface area contributed by atoms with Crippen molar-refractivity contribution in [1.82, 2.24) is 10.3 Å². The highest BCUT2D eigenvalue weighted by Gasteiger charge is 2.11. The maximum absolute atomic E-state index is 11.5. The zero-order valence-corrected chi connectivity index (χ0v) is 9.63. The fourth-order valence-corrected chi connectivity index (χ4v) is 1.72. The van der Waals surface area contributed by atoms with Gasteiger partial charge >= 0.3 is 0 Å². The van der Waals surface area contributed by atoms with E-state index in [0.29, 0.717) is 18.8 Å². The quantitative estimate of drug-likeness (QED) is 0.722. The Hall–Kier alpha value is -0.980. The highest BCUT2D eigenvalue weighted by molar-refractivity contribution is 7.09. The van der Waals surface area contributed by atoms with Crippen molar-refractivity contribution in [2.75, 3.05) is 20.3 Å². The molecule has 3 N–H and O–H groups in total. The average Bonchev–Trinajstić information content (AvgIpc) is 2.66. The van der Waals surface area contributed by atoms with Crippen molar-refractivity contribution in [3.8, 4) is 0 Å². The first-order chi connectivity index (χ1) is 7.15. The summed E-state index contributed by atoms with van der Waals surface area (Å²) in [6.07, 6.45) is 0. The Morgan fingerprint density at radius 2 is 2.53 bits per heavy atom. The van der Waals surface area contributed by atoms with Gasteiger partial charge in [-0.15, -0.1) is 11.3 Å². The highest BCUT2D eigenvalue weighted by Crippen LogP contribution is 2.15. The lowest BCUT2D eigenvalue weighted by Gasteiger charge is -2.01. The first-order valence-corrected chi connectivity index (χ1v) is 5.51. The summed E-state index contributed by atoms with van der Waals surface area (Å²) in [6.45, 7) is 2.82. The molecule has 1 rings (SSSR count). The summed E-state index contributed by atoms with van der Waals surface area (Å²) >= 11 is 1.40. The van der Waals surface area contributed by atoms with Gasteiger partial charge < -0.3 is 15.8 Å². The molecule has 1 unspecified atom stereocenters. The number of carbonyl (C=O) groups is 1. The number of aromatic nitrogens is 1. The Morgan fingerprint density at radius 3 is 3.07 bits per heavy atom. The predicted octanol–water partition coefficient (Wildman–Crippen LogP) is 0.539. The molecule has 0 aliphatic heterocycles. The van der Waals surface area contributed by atoms with Crippen LogP contribution in [-0.4, -0.2) is 31.2 Å². The zero-order chi connectivity index (χ0) is 11.3. The van der Waals surface area contributed by atoms with Crippen molar-refractivity contribution in [3.63, 3.8) is 0 Å². The summed E-state index contributed by atoms with van der Waals surface area (Å²) in [5, 5.41) is 5.17. The summed E-state index contributed by atoms with van der Waals surface area (Å²) in [4.78, 5) is 15.6. The highest BCUT2D eigenvalue weighted by atomic mass is 32.1. The molecule has 1 aromatic rings. The molecule has 1 amide bonds. The van der Waals surface area contributed by atoms with Gasteiger partial charge in [0.05, 0.1) is 12.6 Å². The van der Waals surface area contributed by atoms with Crippen LogP contribution in [0.2, 0.25) is 0 Å². The summed E-state index contributed by atoms with van der Waals surface area (Å²) in [6, 6.07) is -0.129. The fourth-order valence-electron chi connectivity index (χ4n) is 0.958. The van der Waals surface area contributed by atoms with E-state index in [4.69, 9.17) is 10.5 Å². The predicted molar refractivity (Wildman–Crippen MR) is 58.9 cm³/mol. The summed E-state index contributed by atoms with van der Waals surface area (Å²) in [5.41, 5.74) is 6.06. The van der Waals surface area contributed by atoms with Gasteiger partial charge in [-0.3, -0.25) is 4.79 Å². The van der Waals surface area contributed by atoms with Crippen LogP contribution in [0.1, 0.15) is 28.5 Å². The molecule has 0 saturated carbocycles. The largest absolute Gasteiger partial charge is 0.383 e. The Bertz CT molecular complexity index is 325. The van der Waals surface area contributed by atoms with E-state index in [1.165, 1.54) is 11.3 Å². The molecule has 0 saturated heterocycles. The molecular formula is C9H15N3O2S. The van der Waals surface area contributed by atoms with E-state index in [9.17, 15) is 4.79 Å².